The Bertz CT molecular complexity index is 536. The highest BCUT2D eigenvalue weighted by Gasteiger charge is 2.20. The Morgan fingerprint density at radius 2 is 2.25 bits per heavy atom. The number of aryl methyl sites for hydroxylation is 2. The van der Waals surface area contributed by atoms with E-state index in [-0.39, 0.29) is 6.04 Å². The molecule has 2 rings (SSSR count). The van der Waals surface area contributed by atoms with Crippen molar-refractivity contribution in [1.82, 2.24) is 20.1 Å². The van der Waals surface area contributed by atoms with Crippen molar-refractivity contribution < 1.29 is 0 Å². The van der Waals surface area contributed by atoms with Crippen LogP contribution in [0.4, 0.5) is 0 Å². The molecule has 20 heavy (non-hydrogen) atoms. The normalized spacial score (nSPS) is 12.8. The van der Waals surface area contributed by atoms with Crippen molar-refractivity contribution in [3.63, 3.8) is 0 Å². The number of halogens is 1. The van der Waals surface area contributed by atoms with Crippen LogP contribution in [0, 0.1) is 6.92 Å². The molecule has 2 aromatic heterocycles. The van der Waals surface area contributed by atoms with Crippen LogP contribution in [0.5, 0.6) is 0 Å². The van der Waals surface area contributed by atoms with Gasteiger partial charge in [-0.3, -0.25) is 4.68 Å². The summed E-state index contributed by atoms with van der Waals surface area (Å²) in [5.41, 5.74) is 4.95. The molecule has 0 fully saturated rings. The maximum absolute atomic E-state index is 6.40. The maximum Gasteiger partial charge on any atom is 0.0847 e. The topological polar surface area (TPSA) is 42.7 Å². The van der Waals surface area contributed by atoms with E-state index in [0.29, 0.717) is 0 Å². The minimum absolute atomic E-state index is 0.195. The van der Waals surface area contributed by atoms with E-state index in [1.165, 1.54) is 0 Å². The molecular formula is C14H21ClN4S. The summed E-state index contributed by atoms with van der Waals surface area (Å²) in [5, 5.41) is 10.9. The lowest BCUT2D eigenvalue weighted by Crippen LogP contribution is -2.25. The van der Waals surface area contributed by atoms with Gasteiger partial charge in [-0.1, -0.05) is 18.5 Å². The summed E-state index contributed by atoms with van der Waals surface area (Å²) in [5.74, 6) is 0. The monoisotopic (exact) mass is 312 g/mol. The van der Waals surface area contributed by atoms with Gasteiger partial charge in [0.15, 0.2) is 0 Å². The molecule has 2 heterocycles. The summed E-state index contributed by atoms with van der Waals surface area (Å²) in [6, 6.07) is 0.195. The molecule has 6 heteroatoms. The maximum atomic E-state index is 6.40. The summed E-state index contributed by atoms with van der Waals surface area (Å²) in [7, 11) is 0. The quantitative estimate of drug-likeness (QED) is 0.849. The molecule has 0 spiro atoms. The zero-order valence-electron chi connectivity index (χ0n) is 12.2. The average Bonchev–Trinajstić information content (AvgIpc) is 3.06. The average molecular weight is 313 g/mol. The van der Waals surface area contributed by atoms with Gasteiger partial charge < -0.3 is 5.32 Å². The molecule has 2 aromatic rings. The van der Waals surface area contributed by atoms with E-state index >= 15 is 0 Å². The molecule has 110 valence electrons. The van der Waals surface area contributed by atoms with Crippen molar-refractivity contribution in [2.45, 2.75) is 46.2 Å². The highest BCUT2D eigenvalue weighted by atomic mass is 35.5. The minimum atomic E-state index is 0.195. The summed E-state index contributed by atoms with van der Waals surface area (Å²) in [6.45, 7) is 8.01. The van der Waals surface area contributed by atoms with Crippen LogP contribution in [-0.2, 0) is 13.0 Å². The second-order valence-corrected chi connectivity index (χ2v) is 5.88. The SMILES string of the molecule is CCCNC(Cc1c(Cl)c(C)nn1CC)c1cscn1. The fraction of sp³-hybridized carbons (Fsp3) is 0.571. The second kappa shape index (κ2) is 7.20. The van der Waals surface area contributed by atoms with Gasteiger partial charge in [-0.2, -0.15) is 5.10 Å². The zero-order valence-corrected chi connectivity index (χ0v) is 13.8. The third kappa shape index (κ3) is 3.40. The van der Waals surface area contributed by atoms with Crippen LogP contribution in [0.2, 0.25) is 5.02 Å². The molecule has 0 saturated carbocycles. The Morgan fingerprint density at radius 3 is 2.85 bits per heavy atom. The van der Waals surface area contributed by atoms with E-state index < -0.39 is 0 Å². The predicted octanol–water partition coefficient (Wildman–Crippen LogP) is 3.60. The molecule has 0 aliphatic carbocycles. The summed E-state index contributed by atoms with van der Waals surface area (Å²) >= 11 is 8.03. The Morgan fingerprint density at radius 1 is 1.45 bits per heavy atom. The van der Waals surface area contributed by atoms with Gasteiger partial charge >= 0.3 is 0 Å². The summed E-state index contributed by atoms with van der Waals surface area (Å²) in [4.78, 5) is 4.44. The summed E-state index contributed by atoms with van der Waals surface area (Å²) < 4.78 is 1.99. The molecule has 0 aromatic carbocycles. The molecule has 0 radical (unpaired) electrons. The highest BCUT2D eigenvalue weighted by Crippen LogP contribution is 2.26. The Labute approximate surface area is 129 Å². The molecular weight excluding hydrogens is 292 g/mol. The first-order valence-corrected chi connectivity index (χ1v) is 8.32. The lowest BCUT2D eigenvalue weighted by molar-refractivity contribution is 0.495. The van der Waals surface area contributed by atoms with Gasteiger partial charge in [0.1, 0.15) is 0 Å². The molecule has 1 unspecified atom stereocenters. The highest BCUT2D eigenvalue weighted by molar-refractivity contribution is 7.07. The number of aromatic nitrogens is 3. The molecule has 1 atom stereocenters. The molecule has 0 amide bonds. The Hall–Kier alpha value is -0.910. The Kier molecular flexibility index (Phi) is 5.57. The first kappa shape index (κ1) is 15.5. The van der Waals surface area contributed by atoms with Gasteiger partial charge in [0, 0.05) is 18.3 Å². The fourth-order valence-corrected chi connectivity index (χ4v) is 3.07. The van der Waals surface area contributed by atoms with Crippen molar-refractivity contribution in [3.05, 3.63) is 33.0 Å². The Balaban J connectivity index is 2.23. The van der Waals surface area contributed by atoms with Crippen LogP contribution in [-0.4, -0.2) is 21.3 Å². The van der Waals surface area contributed by atoms with E-state index in [0.717, 1.165) is 48.0 Å². The van der Waals surface area contributed by atoms with E-state index in [1.54, 1.807) is 11.3 Å². The van der Waals surface area contributed by atoms with E-state index in [2.05, 4.69) is 34.6 Å². The van der Waals surface area contributed by atoms with Crippen molar-refractivity contribution >= 4 is 22.9 Å². The second-order valence-electron chi connectivity index (χ2n) is 4.79. The first-order chi connectivity index (χ1) is 9.67. The predicted molar refractivity (Wildman–Crippen MR) is 84.5 cm³/mol. The number of hydrogen-bond donors (Lipinski definition) is 1. The van der Waals surface area contributed by atoms with Crippen molar-refractivity contribution in [3.8, 4) is 0 Å². The fourth-order valence-electron chi connectivity index (χ4n) is 2.25. The molecule has 0 bridgehead atoms. The molecule has 1 N–H and O–H groups in total. The van der Waals surface area contributed by atoms with Gasteiger partial charge in [-0.15, -0.1) is 11.3 Å². The molecule has 0 aliphatic rings. The van der Waals surface area contributed by atoms with Crippen LogP contribution in [0.25, 0.3) is 0 Å². The van der Waals surface area contributed by atoms with Gasteiger partial charge in [-0.25, -0.2) is 4.98 Å². The van der Waals surface area contributed by atoms with Gasteiger partial charge in [0.25, 0.3) is 0 Å². The van der Waals surface area contributed by atoms with Crippen LogP contribution < -0.4 is 5.32 Å². The number of hydrogen-bond acceptors (Lipinski definition) is 4. The van der Waals surface area contributed by atoms with Crippen LogP contribution in [0.15, 0.2) is 10.9 Å². The van der Waals surface area contributed by atoms with E-state index in [9.17, 15) is 0 Å². The third-order valence-electron chi connectivity index (χ3n) is 3.30. The smallest absolute Gasteiger partial charge is 0.0847 e. The first-order valence-electron chi connectivity index (χ1n) is 7.00. The van der Waals surface area contributed by atoms with Gasteiger partial charge in [-0.05, 0) is 26.8 Å². The molecule has 0 saturated heterocycles. The lowest BCUT2D eigenvalue weighted by atomic mass is 10.1. The van der Waals surface area contributed by atoms with E-state index in [1.807, 2.05) is 17.1 Å². The largest absolute Gasteiger partial charge is 0.308 e. The zero-order chi connectivity index (χ0) is 14.5. The van der Waals surface area contributed by atoms with Crippen LogP contribution in [0.1, 0.15) is 43.4 Å². The lowest BCUT2D eigenvalue weighted by Gasteiger charge is -2.17. The number of nitrogens with zero attached hydrogens (tertiary/aromatic N) is 3. The third-order valence-corrected chi connectivity index (χ3v) is 4.40. The van der Waals surface area contributed by atoms with E-state index in [4.69, 9.17) is 11.6 Å². The van der Waals surface area contributed by atoms with Crippen molar-refractivity contribution in [2.24, 2.45) is 0 Å². The molecule has 4 nitrogen and oxygen atoms in total. The standard InChI is InChI=1S/C14H21ClN4S/c1-4-6-16-11(12-8-20-9-17-12)7-13-14(15)10(3)18-19(13)5-2/h8-9,11,16H,4-7H2,1-3H3. The van der Waals surface area contributed by atoms with Crippen molar-refractivity contribution in [1.29, 1.82) is 0 Å². The summed E-state index contributed by atoms with van der Waals surface area (Å²) in [6.07, 6.45) is 1.91. The molecule has 0 aliphatic heterocycles. The van der Waals surface area contributed by atoms with Gasteiger partial charge in [0.05, 0.1) is 33.7 Å². The number of nitrogens with one attached hydrogen (secondary N) is 1. The number of rotatable bonds is 7. The van der Waals surface area contributed by atoms with Crippen LogP contribution in [0.3, 0.4) is 0 Å². The van der Waals surface area contributed by atoms with Crippen LogP contribution >= 0.6 is 22.9 Å². The minimum Gasteiger partial charge on any atom is -0.308 e. The number of thiazole rings is 1. The van der Waals surface area contributed by atoms with Gasteiger partial charge in [0.2, 0.25) is 0 Å². The van der Waals surface area contributed by atoms with Crippen molar-refractivity contribution in [2.75, 3.05) is 6.54 Å².